The quantitative estimate of drug-likeness (QED) is 0.726. The van der Waals surface area contributed by atoms with E-state index in [1.165, 1.54) is 0 Å². The van der Waals surface area contributed by atoms with Gasteiger partial charge in [-0.05, 0) is 42.5 Å². The zero-order valence-electron chi connectivity index (χ0n) is 13.4. The number of hydrogen-bond donors (Lipinski definition) is 3. The van der Waals surface area contributed by atoms with Crippen LogP contribution in [0.3, 0.4) is 0 Å². The van der Waals surface area contributed by atoms with Crippen LogP contribution in [0.5, 0.6) is 0 Å². The van der Waals surface area contributed by atoms with Crippen LogP contribution in [0.1, 0.15) is 5.56 Å². The number of halogens is 3. The lowest BCUT2D eigenvalue weighted by Gasteiger charge is -2.23. The van der Waals surface area contributed by atoms with E-state index in [0.29, 0.717) is 18.6 Å². The highest BCUT2D eigenvalue weighted by atomic mass is 19.4. The molecule has 136 valence electrons. The summed E-state index contributed by atoms with van der Waals surface area (Å²) < 4.78 is 37.7. The zero-order chi connectivity index (χ0) is 18.7. The van der Waals surface area contributed by atoms with Crippen molar-refractivity contribution in [2.45, 2.75) is 6.18 Å². The minimum atomic E-state index is -4.46. The van der Waals surface area contributed by atoms with Gasteiger partial charge in [-0.25, -0.2) is 9.69 Å². The van der Waals surface area contributed by atoms with E-state index in [1.807, 2.05) is 0 Å². The lowest BCUT2D eigenvalue weighted by Crippen LogP contribution is -2.34. The Morgan fingerprint density at radius 3 is 2.31 bits per heavy atom. The van der Waals surface area contributed by atoms with E-state index in [-0.39, 0.29) is 5.69 Å². The van der Waals surface area contributed by atoms with Gasteiger partial charge in [0, 0.05) is 18.8 Å². The summed E-state index contributed by atoms with van der Waals surface area (Å²) in [4.78, 5) is 24.5. The van der Waals surface area contributed by atoms with Crippen molar-refractivity contribution in [1.29, 1.82) is 0 Å². The molecule has 2 aromatic rings. The summed E-state index contributed by atoms with van der Waals surface area (Å²) in [6, 6.07) is 8.17. The predicted molar refractivity (Wildman–Crippen MR) is 92.4 cm³/mol. The molecule has 6 nitrogen and oxygen atoms in total. The molecule has 0 aliphatic carbocycles. The third kappa shape index (κ3) is 3.71. The highest BCUT2D eigenvalue weighted by Gasteiger charge is 2.30. The van der Waals surface area contributed by atoms with Crippen LogP contribution in [-0.4, -0.2) is 25.5 Å². The Balaban J connectivity index is 1.76. The summed E-state index contributed by atoms with van der Waals surface area (Å²) in [5.74, 6) is 0. The molecule has 1 heterocycles. The van der Waals surface area contributed by atoms with Gasteiger partial charge in [0.25, 0.3) is 0 Å². The van der Waals surface area contributed by atoms with Crippen LogP contribution in [-0.2, 0) is 11.0 Å². The Hall–Kier alpha value is -3.23. The summed E-state index contributed by atoms with van der Waals surface area (Å²) in [6.07, 6.45) is -4.11. The molecule has 9 heteroatoms. The maximum atomic E-state index is 12.6. The van der Waals surface area contributed by atoms with Crippen molar-refractivity contribution in [3.63, 3.8) is 0 Å². The lowest BCUT2D eigenvalue weighted by atomic mass is 10.2. The predicted octanol–water partition coefficient (Wildman–Crippen LogP) is 3.74. The number of alkyl halides is 3. The minimum Gasteiger partial charge on any atom is -0.382 e. The molecule has 0 spiro atoms. The van der Waals surface area contributed by atoms with Crippen molar-refractivity contribution in [2.24, 2.45) is 0 Å². The summed E-state index contributed by atoms with van der Waals surface area (Å²) in [7, 11) is 0. The van der Waals surface area contributed by atoms with E-state index in [4.69, 9.17) is 0 Å². The number of fused-ring (bicyclic) bond motifs is 1. The average molecular weight is 364 g/mol. The molecule has 3 rings (SSSR count). The van der Waals surface area contributed by atoms with Crippen molar-refractivity contribution in [3.8, 4) is 0 Å². The number of amides is 3. The van der Waals surface area contributed by atoms with Gasteiger partial charge < -0.3 is 16.0 Å². The van der Waals surface area contributed by atoms with Gasteiger partial charge in [-0.1, -0.05) is 0 Å². The van der Waals surface area contributed by atoms with Gasteiger partial charge in [-0.15, -0.1) is 0 Å². The summed E-state index contributed by atoms with van der Waals surface area (Å²) >= 11 is 0. The fourth-order valence-electron chi connectivity index (χ4n) is 2.53. The molecule has 0 aromatic heterocycles. The summed E-state index contributed by atoms with van der Waals surface area (Å²) in [5, 5.41) is 8.72. The molecule has 3 N–H and O–H groups in total. The number of anilines is 4. The highest BCUT2D eigenvalue weighted by molar-refractivity contribution is 6.12. The number of benzene rings is 2. The van der Waals surface area contributed by atoms with Gasteiger partial charge in [0.1, 0.15) is 0 Å². The maximum Gasteiger partial charge on any atom is 0.416 e. The van der Waals surface area contributed by atoms with Crippen LogP contribution in [0, 0.1) is 0 Å². The largest absolute Gasteiger partial charge is 0.416 e. The number of imide groups is 1. The Morgan fingerprint density at radius 1 is 1.04 bits per heavy atom. The van der Waals surface area contributed by atoms with Crippen molar-refractivity contribution < 1.29 is 22.8 Å². The number of hydrogen-bond acceptors (Lipinski definition) is 4. The number of rotatable bonds is 3. The molecule has 0 unspecified atom stereocenters. The van der Waals surface area contributed by atoms with Crippen LogP contribution < -0.4 is 20.9 Å². The monoisotopic (exact) mass is 364 g/mol. The average Bonchev–Trinajstić information content (AvgIpc) is 2.62. The number of urea groups is 1. The lowest BCUT2D eigenvalue weighted by molar-refractivity contribution is -0.137. The van der Waals surface area contributed by atoms with E-state index in [1.54, 1.807) is 18.2 Å². The maximum absolute atomic E-state index is 12.6. The molecule has 26 heavy (non-hydrogen) atoms. The molecule has 0 saturated heterocycles. The Morgan fingerprint density at radius 2 is 1.69 bits per heavy atom. The fourth-order valence-corrected chi connectivity index (χ4v) is 2.53. The Bertz CT molecular complexity index is 822. The van der Waals surface area contributed by atoms with Gasteiger partial charge in [0.05, 0.1) is 22.6 Å². The van der Waals surface area contributed by atoms with Gasteiger partial charge in [0.2, 0.25) is 6.41 Å². The van der Waals surface area contributed by atoms with Crippen molar-refractivity contribution >= 4 is 35.2 Å². The van der Waals surface area contributed by atoms with Crippen LogP contribution >= 0.6 is 0 Å². The van der Waals surface area contributed by atoms with Crippen molar-refractivity contribution in [3.05, 3.63) is 48.0 Å². The third-order valence-corrected chi connectivity index (χ3v) is 3.82. The van der Waals surface area contributed by atoms with Gasteiger partial charge in [0.15, 0.2) is 0 Å². The molecule has 0 radical (unpaired) electrons. The zero-order valence-corrected chi connectivity index (χ0v) is 13.4. The molecule has 0 fully saturated rings. The second kappa shape index (κ2) is 6.95. The first-order chi connectivity index (χ1) is 12.4. The molecule has 0 bridgehead atoms. The number of nitrogens with one attached hydrogen (secondary N) is 3. The molecule has 1 aliphatic rings. The summed E-state index contributed by atoms with van der Waals surface area (Å²) in [5.41, 5.74) is 1.26. The van der Waals surface area contributed by atoms with Gasteiger partial charge in [-0.3, -0.25) is 4.79 Å². The second-order valence-electron chi connectivity index (χ2n) is 5.56. The SMILES string of the molecule is O=CN(C(=O)Nc1ccc(C(F)(F)F)cc1)c1ccc2c(c1)NCCN2. The third-order valence-electron chi connectivity index (χ3n) is 3.82. The van der Waals surface area contributed by atoms with Crippen LogP contribution in [0.2, 0.25) is 0 Å². The van der Waals surface area contributed by atoms with E-state index in [9.17, 15) is 22.8 Å². The molecule has 1 aliphatic heterocycles. The minimum absolute atomic E-state index is 0.146. The molecular weight excluding hydrogens is 349 g/mol. The Labute approximate surface area is 147 Å². The number of nitrogens with zero attached hydrogens (tertiary/aromatic N) is 1. The molecular formula is C17H15F3N4O2. The fraction of sp³-hybridized carbons (Fsp3) is 0.176. The van der Waals surface area contributed by atoms with Gasteiger partial charge in [-0.2, -0.15) is 13.2 Å². The van der Waals surface area contributed by atoms with Crippen molar-refractivity contribution in [2.75, 3.05) is 33.9 Å². The van der Waals surface area contributed by atoms with E-state index in [0.717, 1.165) is 47.1 Å². The van der Waals surface area contributed by atoms with Gasteiger partial charge >= 0.3 is 12.2 Å². The molecule has 0 atom stereocenters. The first kappa shape index (κ1) is 17.6. The van der Waals surface area contributed by atoms with Crippen LogP contribution in [0.4, 0.5) is 40.7 Å². The Kier molecular flexibility index (Phi) is 4.70. The smallest absolute Gasteiger partial charge is 0.382 e. The topological polar surface area (TPSA) is 73.5 Å². The normalized spacial score (nSPS) is 13.0. The highest BCUT2D eigenvalue weighted by Crippen LogP contribution is 2.31. The standard InChI is InChI=1S/C17H15F3N4O2/c18-17(19,20)11-1-3-12(4-2-11)23-16(26)24(10-25)13-5-6-14-15(9-13)22-8-7-21-14/h1-6,9-10,21-22H,7-8H2,(H,23,26). The number of carbonyl (C=O) groups excluding carboxylic acids is 2. The molecule has 2 aromatic carbocycles. The second-order valence-corrected chi connectivity index (χ2v) is 5.56. The van der Waals surface area contributed by atoms with E-state index in [2.05, 4.69) is 16.0 Å². The van der Waals surface area contributed by atoms with Crippen LogP contribution in [0.25, 0.3) is 0 Å². The first-order valence-electron chi connectivity index (χ1n) is 7.73. The first-order valence-corrected chi connectivity index (χ1v) is 7.73. The van der Waals surface area contributed by atoms with Crippen molar-refractivity contribution in [1.82, 2.24) is 0 Å². The number of carbonyl (C=O) groups is 2. The van der Waals surface area contributed by atoms with Crippen LogP contribution in [0.15, 0.2) is 42.5 Å². The van der Waals surface area contributed by atoms with E-state index < -0.39 is 17.8 Å². The molecule has 3 amide bonds. The molecule has 0 saturated carbocycles. The summed E-state index contributed by atoms with van der Waals surface area (Å²) in [6.45, 7) is 1.47. The van der Waals surface area contributed by atoms with E-state index >= 15 is 0 Å².